The number of hydrogen-bond acceptors (Lipinski definition) is 3. The van der Waals surface area contributed by atoms with Crippen LogP contribution < -0.4 is 9.80 Å². The van der Waals surface area contributed by atoms with E-state index < -0.39 is 0 Å². The molecule has 13 aromatic rings. The molecule has 2 heterocycles. The van der Waals surface area contributed by atoms with Crippen molar-refractivity contribution in [3.8, 4) is 39.1 Å². The van der Waals surface area contributed by atoms with Crippen molar-refractivity contribution in [3.63, 3.8) is 0 Å². The van der Waals surface area contributed by atoms with Gasteiger partial charge in [-0.3, -0.25) is 0 Å². The third kappa shape index (κ3) is 7.36. The average molecular weight is 896 g/mol. The van der Waals surface area contributed by atoms with Crippen LogP contribution in [0.4, 0.5) is 34.1 Å². The molecule has 0 spiro atoms. The number of hydrogen-bond donors (Lipinski definition) is 0. The molecule has 0 N–H and O–H groups in total. The number of benzene rings is 11. The summed E-state index contributed by atoms with van der Waals surface area (Å²) in [7, 11) is 0. The summed E-state index contributed by atoms with van der Waals surface area (Å²) in [6.07, 6.45) is 0. The first kappa shape index (κ1) is 40.9. The van der Waals surface area contributed by atoms with E-state index in [4.69, 9.17) is 4.42 Å². The van der Waals surface area contributed by atoms with Crippen LogP contribution in [-0.4, -0.2) is 4.57 Å². The van der Waals surface area contributed by atoms with E-state index in [0.29, 0.717) is 0 Å². The lowest BCUT2D eigenvalue weighted by atomic mass is 10.0. The molecule has 0 bridgehead atoms. The maximum Gasteiger partial charge on any atom is 0.136 e. The van der Waals surface area contributed by atoms with Crippen LogP contribution in [0.2, 0.25) is 0 Å². The lowest BCUT2D eigenvalue weighted by Gasteiger charge is -2.26. The van der Waals surface area contributed by atoms with Gasteiger partial charge in [0.1, 0.15) is 11.2 Å². The summed E-state index contributed by atoms with van der Waals surface area (Å²) in [6.45, 7) is 0. The summed E-state index contributed by atoms with van der Waals surface area (Å²) >= 11 is 0. The van der Waals surface area contributed by atoms with Gasteiger partial charge in [0.25, 0.3) is 0 Å². The first-order valence-corrected chi connectivity index (χ1v) is 23.8. The first-order valence-electron chi connectivity index (χ1n) is 23.8. The third-order valence-electron chi connectivity index (χ3n) is 13.6. The number of fused-ring (bicyclic) bond motifs is 6. The van der Waals surface area contributed by atoms with Crippen LogP contribution in [0.1, 0.15) is 0 Å². The Hall–Kier alpha value is -9.38. The molecule has 0 aliphatic heterocycles. The third-order valence-corrected chi connectivity index (χ3v) is 13.6. The number of para-hydroxylation sites is 5. The van der Waals surface area contributed by atoms with Gasteiger partial charge < -0.3 is 18.8 Å². The van der Waals surface area contributed by atoms with Gasteiger partial charge in [-0.15, -0.1) is 0 Å². The summed E-state index contributed by atoms with van der Waals surface area (Å²) in [5.74, 6) is 0. The molecule has 4 heteroatoms. The summed E-state index contributed by atoms with van der Waals surface area (Å²) in [4.78, 5) is 4.64. The lowest BCUT2D eigenvalue weighted by molar-refractivity contribution is 0.669. The fourth-order valence-corrected chi connectivity index (χ4v) is 10.2. The van der Waals surface area contributed by atoms with Crippen LogP contribution in [0.3, 0.4) is 0 Å². The van der Waals surface area contributed by atoms with E-state index in [1.807, 2.05) is 12.1 Å². The van der Waals surface area contributed by atoms with E-state index in [2.05, 4.69) is 275 Å². The zero-order valence-electron chi connectivity index (χ0n) is 38.2. The molecule has 0 radical (unpaired) electrons. The molecule has 0 saturated heterocycles. The lowest BCUT2D eigenvalue weighted by Crippen LogP contribution is -2.10. The molecular formula is C66H45N3O. The van der Waals surface area contributed by atoms with Gasteiger partial charge in [0.05, 0.1) is 11.0 Å². The summed E-state index contributed by atoms with van der Waals surface area (Å²) < 4.78 is 8.64. The highest BCUT2D eigenvalue weighted by molar-refractivity contribution is 6.10. The van der Waals surface area contributed by atoms with Crippen molar-refractivity contribution < 1.29 is 4.42 Å². The molecule has 0 unspecified atom stereocenters. The van der Waals surface area contributed by atoms with Crippen LogP contribution in [-0.2, 0) is 0 Å². The Kier molecular flexibility index (Phi) is 10.1. The van der Waals surface area contributed by atoms with Gasteiger partial charge in [0.2, 0.25) is 0 Å². The number of rotatable bonds is 10. The molecule has 4 nitrogen and oxygen atoms in total. The van der Waals surface area contributed by atoms with Crippen molar-refractivity contribution in [1.29, 1.82) is 0 Å². The van der Waals surface area contributed by atoms with Crippen molar-refractivity contribution in [2.24, 2.45) is 0 Å². The Balaban J connectivity index is 0.848. The highest BCUT2D eigenvalue weighted by Gasteiger charge is 2.18. The number of aromatic nitrogens is 1. The highest BCUT2D eigenvalue weighted by Crippen LogP contribution is 2.41. The van der Waals surface area contributed by atoms with Gasteiger partial charge in [-0.05, 0) is 155 Å². The minimum atomic E-state index is 0.894. The molecule has 0 fully saturated rings. The van der Waals surface area contributed by atoms with E-state index in [1.165, 1.54) is 27.4 Å². The monoisotopic (exact) mass is 895 g/mol. The van der Waals surface area contributed by atoms with Crippen molar-refractivity contribution in [2.45, 2.75) is 0 Å². The Bertz CT molecular complexity index is 3910. The van der Waals surface area contributed by atoms with E-state index in [0.717, 1.165) is 89.6 Å². The van der Waals surface area contributed by atoms with Crippen molar-refractivity contribution in [2.75, 3.05) is 9.80 Å². The molecule has 0 amide bonds. The molecule has 13 rings (SSSR count). The van der Waals surface area contributed by atoms with Gasteiger partial charge >= 0.3 is 0 Å². The summed E-state index contributed by atoms with van der Waals surface area (Å²) in [6, 6.07) is 97.7. The number of anilines is 6. The first-order chi connectivity index (χ1) is 34.7. The standard InChI is InChI=1S/C66H45N3O/c1-4-14-52(15-5-1)67(53-16-6-2-7-17-53)55-34-24-46(25-35-55)47-26-36-56(37-27-47)68(58-40-30-49(31-41-58)51-32-42-61-60-21-11-13-23-65(60)70-66(61)45-51)57-38-28-48(29-39-57)50-33-43-64-62(44-50)59-20-10-12-22-63(59)69(64)54-18-8-3-9-19-54/h1-45H. The topological polar surface area (TPSA) is 24.6 Å². The second kappa shape index (κ2) is 17.4. The quantitative estimate of drug-likeness (QED) is 0.137. The Labute approximate surface area is 406 Å². The zero-order valence-corrected chi connectivity index (χ0v) is 38.2. The molecule has 0 aliphatic carbocycles. The Morgan fingerprint density at radius 3 is 1.16 bits per heavy atom. The van der Waals surface area contributed by atoms with Gasteiger partial charge in [-0.1, -0.05) is 152 Å². The molecule has 0 saturated carbocycles. The maximum atomic E-state index is 6.28. The SMILES string of the molecule is c1ccc(N(c2ccccc2)c2ccc(-c3ccc(N(c4ccc(-c5ccc6c(c5)oc5ccccc56)cc4)c4ccc(-c5ccc6c(c5)c5ccccc5n6-c5ccccc5)cc4)cc3)cc2)cc1. The predicted molar refractivity (Wildman–Crippen MR) is 294 cm³/mol. The fourth-order valence-electron chi connectivity index (χ4n) is 10.2. The van der Waals surface area contributed by atoms with Crippen LogP contribution in [0.15, 0.2) is 277 Å². The van der Waals surface area contributed by atoms with Crippen LogP contribution in [0, 0.1) is 0 Å². The minimum absolute atomic E-state index is 0.894. The molecule has 2 aromatic heterocycles. The maximum absolute atomic E-state index is 6.28. The molecule has 330 valence electrons. The smallest absolute Gasteiger partial charge is 0.136 e. The molecule has 70 heavy (non-hydrogen) atoms. The normalized spacial score (nSPS) is 11.4. The number of furan rings is 1. The van der Waals surface area contributed by atoms with Crippen molar-refractivity contribution in [3.05, 3.63) is 273 Å². The van der Waals surface area contributed by atoms with Crippen LogP contribution >= 0.6 is 0 Å². The molecule has 11 aromatic carbocycles. The van der Waals surface area contributed by atoms with Gasteiger partial charge in [0, 0.05) is 61.4 Å². The summed E-state index contributed by atoms with van der Waals surface area (Å²) in [5.41, 5.74) is 18.8. The van der Waals surface area contributed by atoms with Crippen molar-refractivity contribution in [1.82, 2.24) is 4.57 Å². The zero-order chi connectivity index (χ0) is 46.4. The Morgan fingerprint density at radius 1 is 0.243 bits per heavy atom. The minimum Gasteiger partial charge on any atom is -0.456 e. The Morgan fingerprint density at radius 2 is 0.614 bits per heavy atom. The van der Waals surface area contributed by atoms with Crippen LogP contribution in [0.5, 0.6) is 0 Å². The van der Waals surface area contributed by atoms with Crippen LogP contribution in [0.25, 0.3) is 82.8 Å². The highest BCUT2D eigenvalue weighted by atomic mass is 16.3. The molecule has 0 aliphatic rings. The second-order valence-corrected chi connectivity index (χ2v) is 17.8. The fraction of sp³-hybridized carbons (Fsp3) is 0. The largest absolute Gasteiger partial charge is 0.456 e. The van der Waals surface area contributed by atoms with E-state index in [9.17, 15) is 0 Å². The number of nitrogens with zero attached hydrogens (tertiary/aromatic N) is 3. The molecular weight excluding hydrogens is 851 g/mol. The van der Waals surface area contributed by atoms with Gasteiger partial charge in [0.15, 0.2) is 0 Å². The van der Waals surface area contributed by atoms with Gasteiger partial charge in [-0.25, -0.2) is 0 Å². The van der Waals surface area contributed by atoms with Crippen molar-refractivity contribution >= 4 is 77.9 Å². The van der Waals surface area contributed by atoms with Gasteiger partial charge in [-0.2, -0.15) is 0 Å². The predicted octanol–water partition coefficient (Wildman–Crippen LogP) is 18.6. The van der Waals surface area contributed by atoms with E-state index in [1.54, 1.807) is 0 Å². The van der Waals surface area contributed by atoms with E-state index in [-0.39, 0.29) is 0 Å². The summed E-state index contributed by atoms with van der Waals surface area (Å²) in [5, 5.41) is 4.75. The average Bonchev–Trinajstić information content (AvgIpc) is 3.98. The molecule has 0 atom stereocenters. The van der Waals surface area contributed by atoms with E-state index >= 15 is 0 Å². The second-order valence-electron chi connectivity index (χ2n) is 17.8.